The van der Waals surface area contributed by atoms with E-state index in [1.807, 2.05) is 56.3 Å². The molecule has 6 heteroatoms. The number of carbonyl (C=O) groups is 1. The zero-order valence-electron chi connectivity index (χ0n) is 20.0. The molecule has 1 aliphatic heterocycles. The van der Waals surface area contributed by atoms with Crippen LogP contribution in [-0.4, -0.2) is 41.7 Å². The van der Waals surface area contributed by atoms with Crippen LogP contribution in [0.15, 0.2) is 54.7 Å². The Balaban J connectivity index is 1.52. The predicted octanol–water partition coefficient (Wildman–Crippen LogP) is 6.53. The smallest absolute Gasteiger partial charge is 0.350 e. The normalized spacial score (nSPS) is 16.1. The number of aromatic nitrogens is 1. The van der Waals surface area contributed by atoms with Crippen LogP contribution in [0.4, 0.5) is 16.2 Å². The van der Waals surface area contributed by atoms with Crippen LogP contribution in [0, 0.1) is 0 Å². The van der Waals surface area contributed by atoms with Crippen LogP contribution in [0.1, 0.15) is 57.9 Å². The van der Waals surface area contributed by atoms with Crippen LogP contribution in [0.3, 0.4) is 0 Å². The van der Waals surface area contributed by atoms with Crippen LogP contribution in [0.5, 0.6) is 0 Å². The Morgan fingerprint density at radius 1 is 1.18 bits per heavy atom. The first kappa shape index (κ1) is 23.3. The minimum Gasteiger partial charge on any atom is -0.361 e. The molecule has 0 aliphatic carbocycles. The molecular weight excluding hydrogens is 412 g/mol. The van der Waals surface area contributed by atoms with Crippen molar-refractivity contribution in [1.82, 2.24) is 9.88 Å². The fourth-order valence-electron chi connectivity index (χ4n) is 4.56. The molecule has 33 heavy (non-hydrogen) atoms. The number of para-hydroxylation sites is 1. The molecular formula is C27H36N4O2. The van der Waals surface area contributed by atoms with Gasteiger partial charge < -0.3 is 15.2 Å². The van der Waals surface area contributed by atoms with Crippen molar-refractivity contribution >= 4 is 28.3 Å². The number of hydrogen-bond acceptors (Lipinski definition) is 3. The quantitative estimate of drug-likeness (QED) is 0.385. The summed E-state index contributed by atoms with van der Waals surface area (Å²) in [7, 11) is 0. The molecule has 2 amide bonds. The summed E-state index contributed by atoms with van der Waals surface area (Å²) >= 11 is 0. The molecule has 0 radical (unpaired) electrons. The number of urea groups is 1. The number of hydroxylamine groups is 1. The molecule has 4 rings (SSSR count). The Kier molecular flexibility index (Phi) is 7.68. The lowest BCUT2D eigenvalue weighted by atomic mass is 9.89. The van der Waals surface area contributed by atoms with E-state index in [-0.39, 0.29) is 12.1 Å². The Bertz CT molecular complexity index is 1040. The van der Waals surface area contributed by atoms with Gasteiger partial charge in [-0.3, -0.25) is 4.84 Å². The predicted molar refractivity (Wildman–Crippen MR) is 136 cm³/mol. The Hall–Kier alpha value is -2.83. The van der Waals surface area contributed by atoms with Gasteiger partial charge in [0.1, 0.15) is 0 Å². The first-order valence-corrected chi connectivity index (χ1v) is 12.2. The number of aromatic amines is 1. The number of likely N-dealkylation sites (tertiary alicyclic amines) is 1. The summed E-state index contributed by atoms with van der Waals surface area (Å²) in [4.78, 5) is 25.1. The molecule has 1 aromatic heterocycles. The Labute approximate surface area is 196 Å². The maximum Gasteiger partial charge on any atom is 0.350 e. The van der Waals surface area contributed by atoms with Gasteiger partial charge in [0, 0.05) is 22.8 Å². The van der Waals surface area contributed by atoms with Crippen LogP contribution in [0.25, 0.3) is 10.9 Å². The summed E-state index contributed by atoms with van der Waals surface area (Å²) < 4.78 is 0. The van der Waals surface area contributed by atoms with Crippen LogP contribution in [-0.2, 0) is 4.84 Å². The minimum atomic E-state index is -0.300. The van der Waals surface area contributed by atoms with Crippen molar-refractivity contribution in [3.63, 3.8) is 0 Å². The average molecular weight is 449 g/mol. The van der Waals surface area contributed by atoms with Gasteiger partial charge in [-0.05, 0) is 94.1 Å². The van der Waals surface area contributed by atoms with Gasteiger partial charge >= 0.3 is 6.03 Å². The van der Waals surface area contributed by atoms with Gasteiger partial charge in [-0.15, -0.1) is 0 Å². The number of rotatable bonds is 8. The summed E-state index contributed by atoms with van der Waals surface area (Å²) in [5, 5.41) is 5.60. The van der Waals surface area contributed by atoms with Crippen molar-refractivity contribution in [2.24, 2.45) is 0 Å². The van der Waals surface area contributed by atoms with Crippen LogP contribution >= 0.6 is 0 Å². The summed E-state index contributed by atoms with van der Waals surface area (Å²) in [6.45, 7) is 9.75. The first-order valence-electron chi connectivity index (χ1n) is 12.2. The molecule has 0 saturated carbocycles. The van der Waals surface area contributed by atoms with Crippen LogP contribution < -0.4 is 10.4 Å². The molecule has 2 heterocycles. The molecule has 0 bridgehead atoms. The van der Waals surface area contributed by atoms with Gasteiger partial charge in [0.05, 0.1) is 11.8 Å². The van der Waals surface area contributed by atoms with Crippen molar-refractivity contribution in [2.75, 3.05) is 30.0 Å². The van der Waals surface area contributed by atoms with E-state index in [0.717, 1.165) is 30.7 Å². The largest absolute Gasteiger partial charge is 0.361 e. The van der Waals surface area contributed by atoms with Gasteiger partial charge in [0.2, 0.25) is 0 Å². The van der Waals surface area contributed by atoms with Gasteiger partial charge in [-0.1, -0.05) is 32.0 Å². The van der Waals surface area contributed by atoms with E-state index < -0.39 is 0 Å². The van der Waals surface area contributed by atoms with Crippen molar-refractivity contribution < 1.29 is 9.63 Å². The number of hydrogen-bond donors (Lipinski definition) is 2. The number of benzene rings is 2. The molecule has 1 fully saturated rings. The topological polar surface area (TPSA) is 60.6 Å². The van der Waals surface area contributed by atoms with E-state index in [9.17, 15) is 4.79 Å². The highest BCUT2D eigenvalue weighted by Gasteiger charge is 2.23. The van der Waals surface area contributed by atoms with Gasteiger partial charge in [0.15, 0.2) is 0 Å². The third kappa shape index (κ3) is 5.57. The highest BCUT2D eigenvalue weighted by Crippen LogP contribution is 2.34. The third-order valence-electron chi connectivity index (χ3n) is 6.57. The number of carbonyl (C=O) groups excluding carboxylic acids is 1. The lowest BCUT2D eigenvalue weighted by Gasteiger charge is -2.31. The fourth-order valence-corrected chi connectivity index (χ4v) is 4.56. The standard InChI is InChI=1S/C27H36N4O2/c1-4-15-30-16-13-21(14-17-30)25-19-28-26-12-11-22(18-24(25)26)29-27(32)31(33-20(3)5-2)23-9-7-6-8-10-23/h6-12,18-21,28H,4-5,13-17H2,1-3H3,(H,29,32). The van der Waals surface area contributed by atoms with E-state index in [2.05, 4.69) is 34.4 Å². The molecule has 6 nitrogen and oxygen atoms in total. The molecule has 1 unspecified atom stereocenters. The van der Waals surface area contributed by atoms with E-state index >= 15 is 0 Å². The molecule has 1 atom stereocenters. The van der Waals surface area contributed by atoms with E-state index in [1.54, 1.807) is 0 Å². The fraction of sp³-hybridized carbons (Fsp3) is 0.444. The third-order valence-corrected chi connectivity index (χ3v) is 6.57. The molecule has 2 N–H and O–H groups in total. The average Bonchev–Trinajstić information content (AvgIpc) is 3.27. The number of nitrogens with zero attached hydrogens (tertiary/aromatic N) is 2. The molecule has 176 valence electrons. The first-order chi connectivity index (χ1) is 16.1. The van der Waals surface area contributed by atoms with Crippen molar-refractivity contribution in [3.8, 4) is 0 Å². The van der Waals surface area contributed by atoms with Gasteiger partial charge in [-0.25, -0.2) is 4.79 Å². The lowest BCUT2D eigenvalue weighted by Crippen LogP contribution is -2.37. The van der Waals surface area contributed by atoms with Crippen LogP contribution in [0.2, 0.25) is 0 Å². The van der Waals surface area contributed by atoms with Gasteiger partial charge in [-0.2, -0.15) is 5.06 Å². The monoisotopic (exact) mass is 448 g/mol. The summed E-state index contributed by atoms with van der Waals surface area (Å²) in [5.41, 5.74) is 3.94. The number of amides is 2. The zero-order chi connectivity index (χ0) is 23.2. The lowest BCUT2D eigenvalue weighted by molar-refractivity contribution is 0.0581. The molecule has 0 spiro atoms. The van der Waals surface area contributed by atoms with Crippen molar-refractivity contribution in [2.45, 2.75) is 58.5 Å². The zero-order valence-corrected chi connectivity index (χ0v) is 20.0. The van der Waals surface area contributed by atoms with Gasteiger partial charge in [0.25, 0.3) is 0 Å². The molecule has 2 aromatic carbocycles. The molecule has 1 saturated heterocycles. The number of piperidine rings is 1. The number of nitrogens with one attached hydrogen (secondary N) is 2. The highest BCUT2D eigenvalue weighted by molar-refractivity contribution is 6.01. The minimum absolute atomic E-state index is 0.0757. The summed E-state index contributed by atoms with van der Waals surface area (Å²) in [6.07, 6.45) is 6.45. The second-order valence-corrected chi connectivity index (χ2v) is 9.00. The maximum absolute atomic E-state index is 13.2. The summed E-state index contributed by atoms with van der Waals surface area (Å²) in [6, 6.07) is 15.3. The number of anilines is 2. The highest BCUT2D eigenvalue weighted by atomic mass is 16.7. The molecule has 1 aliphatic rings. The van der Waals surface area contributed by atoms with E-state index in [4.69, 9.17) is 4.84 Å². The van der Waals surface area contributed by atoms with E-state index in [1.165, 1.54) is 41.8 Å². The summed E-state index contributed by atoms with van der Waals surface area (Å²) in [5.74, 6) is 0.548. The number of H-pyrrole nitrogens is 1. The maximum atomic E-state index is 13.2. The van der Waals surface area contributed by atoms with Crippen molar-refractivity contribution in [3.05, 3.63) is 60.3 Å². The van der Waals surface area contributed by atoms with E-state index in [0.29, 0.717) is 11.6 Å². The molecule has 3 aromatic rings. The Morgan fingerprint density at radius 2 is 1.94 bits per heavy atom. The van der Waals surface area contributed by atoms with Crippen molar-refractivity contribution in [1.29, 1.82) is 0 Å². The Morgan fingerprint density at radius 3 is 2.64 bits per heavy atom. The number of fused-ring (bicyclic) bond motifs is 1. The second-order valence-electron chi connectivity index (χ2n) is 9.00. The SMILES string of the molecule is CCCN1CCC(c2c[nH]c3ccc(NC(=O)N(OC(C)CC)c4ccccc4)cc23)CC1. The second kappa shape index (κ2) is 10.9.